The van der Waals surface area contributed by atoms with Gasteiger partial charge < -0.3 is 11.3 Å². The highest BCUT2D eigenvalue weighted by molar-refractivity contribution is 14.0. The number of pyridine rings is 1. The molecule has 1 rings (SSSR count). The first-order chi connectivity index (χ1) is 5.27. The average Bonchev–Trinajstić information content (AvgIpc) is 2.09. The van der Waals surface area contributed by atoms with Crippen LogP contribution >= 0.6 is 24.0 Å². The first-order valence-electron chi connectivity index (χ1n) is 3.80. The van der Waals surface area contributed by atoms with Crippen LogP contribution in [-0.4, -0.2) is 16.2 Å². The van der Waals surface area contributed by atoms with Crippen molar-refractivity contribution in [1.29, 1.82) is 0 Å². The van der Waals surface area contributed by atoms with E-state index in [9.17, 15) is 0 Å². The van der Waals surface area contributed by atoms with E-state index in [0.717, 1.165) is 6.42 Å². The van der Waals surface area contributed by atoms with Crippen molar-refractivity contribution in [2.45, 2.75) is 26.4 Å². The molecule has 0 amide bonds. The number of hydrogen-bond donors (Lipinski definition) is 2. The van der Waals surface area contributed by atoms with Crippen molar-refractivity contribution in [3.05, 3.63) is 30.6 Å². The van der Waals surface area contributed by atoms with Gasteiger partial charge in [0.1, 0.15) is 0 Å². The van der Waals surface area contributed by atoms with Gasteiger partial charge in [-0.1, -0.05) is 13.0 Å². The summed E-state index contributed by atoms with van der Waals surface area (Å²) in [6, 6.07) is 5.72. The van der Waals surface area contributed by atoms with Gasteiger partial charge in [0.05, 0.1) is 6.10 Å². The first-order valence-corrected chi connectivity index (χ1v) is 3.80. The highest BCUT2D eigenvalue weighted by Crippen LogP contribution is 1.81. The molecule has 0 saturated heterocycles. The van der Waals surface area contributed by atoms with Gasteiger partial charge in [0.25, 0.3) is 0 Å². The van der Waals surface area contributed by atoms with Crippen LogP contribution in [-0.2, 0) is 0 Å². The van der Waals surface area contributed by atoms with Gasteiger partial charge in [-0.2, -0.15) is 0 Å². The lowest BCUT2D eigenvalue weighted by molar-refractivity contribution is 0.191. The lowest BCUT2D eigenvalue weighted by Crippen LogP contribution is -1.93. The van der Waals surface area contributed by atoms with Gasteiger partial charge >= 0.3 is 0 Å². The number of nitrogens with zero attached hydrogens (tertiary/aromatic N) is 1. The van der Waals surface area contributed by atoms with Crippen molar-refractivity contribution in [1.82, 2.24) is 11.1 Å². The fraction of sp³-hybridized carbons (Fsp3) is 0.444. The molecule has 1 atom stereocenters. The van der Waals surface area contributed by atoms with E-state index in [2.05, 4.69) is 4.98 Å². The van der Waals surface area contributed by atoms with Gasteiger partial charge in [0.15, 0.2) is 0 Å². The standard InChI is InChI=1S/C5H5N.C4H10O.HI.H3N/c1-2-4-6-5-3-1;1-3-4(2)5;;/h1-5H;4-5H,3H2,1-2H3;1H;1H3. The lowest BCUT2D eigenvalue weighted by atomic mass is 10.3. The molecular formula is C9H19IN2O. The summed E-state index contributed by atoms with van der Waals surface area (Å²) in [5.41, 5.74) is 0. The van der Waals surface area contributed by atoms with E-state index in [-0.39, 0.29) is 36.2 Å². The Labute approximate surface area is 97.2 Å². The molecule has 1 aromatic rings. The quantitative estimate of drug-likeness (QED) is 0.783. The molecular weight excluding hydrogens is 279 g/mol. The van der Waals surface area contributed by atoms with Gasteiger partial charge in [-0.25, -0.2) is 0 Å². The van der Waals surface area contributed by atoms with Gasteiger partial charge in [-0.05, 0) is 25.5 Å². The molecule has 0 saturated carbocycles. The summed E-state index contributed by atoms with van der Waals surface area (Å²) in [4.78, 5) is 3.78. The summed E-state index contributed by atoms with van der Waals surface area (Å²) in [7, 11) is 0. The van der Waals surface area contributed by atoms with Crippen molar-refractivity contribution in [3.8, 4) is 0 Å². The van der Waals surface area contributed by atoms with Gasteiger partial charge in [0, 0.05) is 12.4 Å². The second-order valence-corrected chi connectivity index (χ2v) is 2.28. The van der Waals surface area contributed by atoms with Crippen molar-refractivity contribution in [3.63, 3.8) is 0 Å². The Morgan fingerprint density at radius 2 is 1.62 bits per heavy atom. The molecule has 13 heavy (non-hydrogen) atoms. The maximum Gasteiger partial charge on any atom is 0.0509 e. The molecule has 0 aliphatic heterocycles. The average molecular weight is 298 g/mol. The van der Waals surface area contributed by atoms with Crippen molar-refractivity contribution < 1.29 is 5.11 Å². The van der Waals surface area contributed by atoms with Crippen molar-refractivity contribution in [2.24, 2.45) is 0 Å². The van der Waals surface area contributed by atoms with E-state index in [1.807, 2.05) is 25.1 Å². The fourth-order valence-corrected chi connectivity index (χ4v) is 0.313. The number of aromatic nitrogens is 1. The summed E-state index contributed by atoms with van der Waals surface area (Å²) in [6.45, 7) is 3.73. The lowest BCUT2D eigenvalue weighted by Gasteiger charge is -1.90. The van der Waals surface area contributed by atoms with Crippen LogP contribution in [0.5, 0.6) is 0 Å². The number of aliphatic hydroxyl groups excluding tert-OH is 1. The molecule has 1 unspecified atom stereocenters. The minimum atomic E-state index is -0.116. The summed E-state index contributed by atoms with van der Waals surface area (Å²) in [5, 5.41) is 8.36. The third-order valence-corrected chi connectivity index (χ3v) is 1.16. The zero-order valence-corrected chi connectivity index (χ0v) is 10.5. The zero-order chi connectivity index (χ0) is 8.53. The van der Waals surface area contributed by atoms with Crippen LogP contribution in [0.2, 0.25) is 0 Å². The van der Waals surface area contributed by atoms with E-state index in [1.165, 1.54) is 0 Å². The van der Waals surface area contributed by atoms with Crippen molar-refractivity contribution >= 4 is 24.0 Å². The number of halogens is 1. The van der Waals surface area contributed by atoms with Gasteiger partial charge in [0.2, 0.25) is 0 Å². The topological polar surface area (TPSA) is 68.1 Å². The predicted molar refractivity (Wildman–Crippen MR) is 66.6 cm³/mol. The molecule has 78 valence electrons. The summed E-state index contributed by atoms with van der Waals surface area (Å²) >= 11 is 0. The maximum absolute atomic E-state index is 8.36. The van der Waals surface area contributed by atoms with Gasteiger partial charge in [-0.3, -0.25) is 4.98 Å². The van der Waals surface area contributed by atoms with E-state index in [0.29, 0.717) is 0 Å². The van der Waals surface area contributed by atoms with Crippen LogP contribution in [0.15, 0.2) is 30.6 Å². The Morgan fingerprint density at radius 3 is 1.69 bits per heavy atom. The van der Waals surface area contributed by atoms with Crippen LogP contribution < -0.4 is 6.15 Å². The summed E-state index contributed by atoms with van der Waals surface area (Å²) < 4.78 is 0. The largest absolute Gasteiger partial charge is 0.393 e. The minimum absolute atomic E-state index is 0. The molecule has 0 aromatic carbocycles. The molecule has 0 aliphatic rings. The third kappa shape index (κ3) is 18.6. The van der Waals surface area contributed by atoms with E-state index < -0.39 is 0 Å². The minimum Gasteiger partial charge on any atom is -0.393 e. The van der Waals surface area contributed by atoms with Crippen LogP contribution in [0.1, 0.15) is 20.3 Å². The van der Waals surface area contributed by atoms with Gasteiger partial charge in [-0.15, -0.1) is 24.0 Å². The molecule has 4 N–H and O–H groups in total. The molecule has 1 heterocycles. The first kappa shape index (κ1) is 18.6. The Bertz CT molecular complexity index is 132. The second kappa shape index (κ2) is 14.3. The normalized spacial score (nSPS) is 9.46. The van der Waals surface area contributed by atoms with Crippen LogP contribution in [0.25, 0.3) is 0 Å². The number of aliphatic hydroxyl groups is 1. The van der Waals surface area contributed by atoms with E-state index >= 15 is 0 Å². The zero-order valence-electron chi connectivity index (χ0n) is 8.18. The molecule has 3 nitrogen and oxygen atoms in total. The Hall–Kier alpha value is -0.200. The molecule has 0 aliphatic carbocycles. The Balaban J connectivity index is -0.000000136. The van der Waals surface area contributed by atoms with Crippen molar-refractivity contribution in [2.75, 3.05) is 0 Å². The summed E-state index contributed by atoms with van der Waals surface area (Å²) in [6.07, 6.45) is 4.25. The Morgan fingerprint density at radius 1 is 1.23 bits per heavy atom. The third-order valence-electron chi connectivity index (χ3n) is 1.16. The maximum atomic E-state index is 8.36. The molecule has 4 heteroatoms. The monoisotopic (exact) mass is 298 g/mol. The van der Waals surface area contributed by atoms with Crippen LogP contribution in [0, 0.1) is 0 Å². The molecule has 0 radical (unpaired) electrons. The predicted octanol–water partition coefficient (Wildman–Crippen LogP) is 2.64. The molecule has 1 aromatic heterocycles. The number of rotatable bonds is 1. The SMILES string of the molecule is CCC(C)O.I.N.c1ccncc1. The van der Waals surface area contributed by atoms with E-state index in [4.69, 9.17) is 5.11 Å². The van der Waals surface area contributed by atoms with Crippen LogP contribution in [0.4, 0.5) is 0 Å². The highest BCUT2D eigenvalue weighted by Gasteiger charge is 1.81. The van der Waals surface area contributed by atoms with Crippen LogP contribution in [0.3, 0.4) is 0 Å². The fourth-order valence-electron chi connectivity index (χ4n) is 0.313. The number of hydrogen-bond acceptors (Lipinski definition) is 3. The molecule has 0 spiro atoms. The second-order valence-electron chi connectivity index (χ2n) is 2.28. The molecule has 0 bridgehead atoms. The Kier molecular flexibility index (Phi) is 20.5. The molecule has 0 fully saturated rings. The smallest absolute Gasteiger partial charge is 0.0509 e. The highest BCUT2D eigenvalue weighted by atomic mass is 127. The van der Waals surface area contributed by atoms with E-state index in [1.54, 1.807) is 19.3 Å². The summed E-state index contributed by atoms with van der Waals surface area (Å²) in [5.74, 6) is 0.